The first-order valence-corrected chi connectivity index (χ1v) is 12.2. The molecule has 4 unspecified atom stereocenters. The monoisotopic (exact) mass is 506 g/mol. The van der Waals surface area contributed by atoms with E-state index in [4.69, 9.17) is 27.9 Å². The highest BCUT2D eigenvalue weighted by Crippen LogP contribution is 2.56. The minimum Gasteiger partial charge on any atom is -0.459 e. The SMILES string of the molecule is CC(C)CC1NC(C(=O)OC(C)(C)C)C(c2cccc(Cl)c2F)C12C(=O)Nc1cc(Cl)ccc12. The fourth-order valence-corrected chi connectivity index (χ4v) is 5.74. The van der Waals surface area contributed by atoms with Crippen LogP contribution in [0, 0.1) is 11.7 Å². The summed E-state index contributed by atoms with van der Waals surface area (Å²) < 4.78 is 21.3. The molecule has 0 aromatic heterocycles. The van der Waals surface area contributed by atoms with Crippen LogP contribution in [0.3, 0.4) is 0 Å². The molecular weight excluding hydrogens is 478 g/mol. The summed E-state index contributed by atoms with van der Waals surface area (Å²) in [6.07, 6.45) is 0.577. The predicted molar refractivity (Wildman–Crippen MR) is 132 cm³/mol. The van der Waals surface area contributed by atoms with Gasteiger partial charge in [-0.3, -0.25) is 14.9 Å². The van der Waals surface area contributed by atoms with Gasteiger partial charge in [-0.05, 0) is 62.4 Å². The van der Waals surface area contributed by atoms with E-state index in [2.05, 4.69) is 10.6 Å². The Kier molecular flexibility index (Phi) is 6.47. The molecule has 2 aliphatic rings. The largest absolute Gasteiger partial charge is 0.459 e. The number of hydrogen-bond donors (Lipinski definition) is 2. The van der Waals surface area contributed by atoms with Crippen LogP contribution in [0.15, 0.2) is 36.4 Å². The van der Waals surface area contributed by atoms with Crippen LogP contribution in [-0.4, -0.2) is 29.6 Å². The Morgan fingerprint density at radius 3 is 2.56 bits per heavy atom. The molecular formula is C26H29Cl2FN2O3. The maximum Gasteiger partial charge on any atom is 0.324 e. The van der Waals surface area contributed by atoms with E-state index in [1.54, 1.807) is 51.1 Å². The zero-order valence-electron chi connectivity index (χ0n) is 19.8. The lowest BCUT2D eigenvalue weighted by Crippen LogP contribution is -2.49. The van der Waals surface area contributed by atoms with Crippen molar-refractivity contribution >= 4 is 40.8 Å². The quantitative estimate of drug-likeness (QED) is 0.511. The van der Waals surface area contributed by atoms with Gasteiger partial charge in [0.25, 0.3) is 0 Å². The molecule has 0 radical (unpaired) electrons. The molecule has 0 saturated carbocycles. The Labute approximate surface area is 209 Å². The van der Waals surface area contributed by atoms with Crippen molar-refractivity contribution in [3.05, 3.63) is 63.4 Å². The highest BCUT2D eigenvalue weighted by atomic mass is 35.5. The number of halogens is 3. The van der Waals surface area contributed by atoms with E-state index < -0.39 is 40.8 Å². The van der Waals surface area contributed by atoms with Crippen LogP contribution in [-0.2, 0) is 19.7 Å². The van der Waals surface area contributed by atoms with Gasteiger partial charge in [0.05, 0.1) is 5.02 Å². The van der Waals surface area contributed by atoms with E-state index in [1.807, 2.05) is 13.8 Å². The fraction of sp³-hybridized carbons (Fsp3) is 0.462. The number of rotatable bonds is 4. The van der Waals surface area contributed by atoms with Crippen molar-refractivity contribution in [3.8, 4) is 0 Å². The summed E-state index contributed by atoms with van der Waals surface area (Å²) in [6.45, 7) is 9.41. The molecule has 2 heterocycles. The fourth-order valence-electron chi connectivity index (χ4n) is 5.39. The van der Waals surface area contributed by atoms with Gasteiger partial charge in [-0.25, -0.2) is 4.39 Å². The third-order valence-electron chi connectivity index (χ3n) is 6.49. The number of ether oxygens (including phenoxy) is 1. The standard InChI is InChI=1S/C26H29Cl2FN2O3/c1-13(2)11-19-26(16-10-9-14(27)12-18(16)30-24(26)33)20(15-7-6-8-17(28)21(15)29)22(31-19)23(32)34-25(3,4)5/h6-10,12-13,19-20,22,31H,11H2,1-5H3,(H,30,33). The number of anilines is 1. The van der Waals surface area contributed by atoms with Crippen molar-refractivity contribution in [3.63, 3.8) is 0 Å². The van der Waals surface area contributed by atoms with Crippen molar-refractivity contribution in [2.45, 2.75) is 70.1 Å². The highest BCUT2D eigenvalue weighted by molar-refractivity contribution is 6.31. The van der Waals surface area contributed by atoms with E-state index in [-0.39, 0.29) is 22.4 Å². The molecule has 5 nitrogen and oxygen atoms in total. The zero-order valence-corrected chi connectivity index (χ0v) is 21.4. The molecule has 34 heavy (non-hydrogen) atoms. The number of amides is 1. The van der Waals surface area contributed by atoms with Gasteiger partial charge in [-0.2, -0.15) is 0 Å². The average molecular weight is 507 g/mol. The molecule has 0 aliphatic carbocycles. The zero-order chi connectivity index (χ0) is 25.0. The molecule has 182 valence electrons. The third kappa shape index (κ3) is 4.10. The van der Waals surface area contributed by atoms with E-state index in [0.717, 1.165) is 0 Å². The summed E-state index contributed by atoms with van der Waals surface area (Å²) >= 11 is 12.4. The second-order valence-electron chi connectivity index (χ2n) is 10.5. The van der Waals surface area contributed by atoms with Crippen LogP contribution in [0.2, 0.25) is 10.0 Å². The Hall–Kier alpha value is -2.15. The lowest BCUT2D eigenvalue weighted by molar-refractivity contribution is -0.157. The molecule has 1 fully saturated rings. The number of benzene rings is 2. The summed E-state index contributed by atoms with van der Waals surface area (Å²) in [4.78, 5) is 27.4. The van der Waals surface area contributed by atoms with Crippen molar-refractivity contribution in [1.82, 2.24) is 5.32 Å². The topological polar surface area (TPSA) is 67.4 Å². The van der Waals surface area contributed by atoms with E-state index in [9.17, 15) is 9.59 Å². The third-order valence-corrected chi connectivity index (χ3v) is 7.02. The summed E-state index contributed by atoms with van der Waals surface area (Å²) in [6, 6.07) is 8.42. The van der Waals surface area contributed by atoms with E-state index >= 15 is 4.39 Å². The molecule has 2 aromatic rings. The molecule has 4 atom stereocenters. The van der Waals surface area contributed by atoms with Crippen LogP contribution in [0.4, 0.5) is 10.1 Å². The maximum atomic E-state index is 15.6. The van der Waals surface area contributed by atoms with Crippen LogP contribution in [0.25, 0.3) is 0 Å². The van der Waals surface area contributed by atoms with Gasteiger partial charge in [0.15, 0.2) is 0 Å². The number of esters is 1. The van der Waals surface area contributed by atoms with Crippen molar-refractivity contribution in [2.75, 3.05) is 5.32 Å². The van der Waals surface area contributed by atoms with Crippen molar-refractivity contribution in [1.29, 1.82) is 0 Å². The number of nitrogens with one attached hydrogen (secondary N) is 2. The Bertz CT molecular complexity index is 1150. The van der Waals surface area contributed by atoms with Gasteiger partial charge in [-0.1, -0.05) is 55.2 Å². The molecule has 8 heteroatoms. The summed E-state index contributed by atoms with van der Waals surface area (Å²) in [5.74, 6) is -2.20. The van der Waals surface area contributed by atoms with Crippen LogP contribution >= 0.6 is 23.2 Å². The number of carbonyl (C=O) groups excluding carboxylic acids is 2. The summed E-state index contributed by atoms with van der Waals surface area (Å²) in [5, 5.41) is 6.72. The minimum atomic E-state index is -1.27. The lowest BCUT2D eigenvalue weighted by Gasteiger charge is -2.36. The van der Waals surface area contributed by atoms with Crippen LogP contribution in [0.1, 0.15) is 58.1 Å². The summed E-state index contributed by atoms with van der Waals surface area (Å²) in [5.41, 5.74) is -0.596. The minimum absolute atomic E-state index is 0.0716. The molecule has 0 bridgehead atoms. The van der Waals surface area contributed by atoms with E-state index in [0.29, 0.717) is 22.7 Å². The summed E-state index contributed by atoms with van der Waals surface area (Å²) in [7, 11) is 0. The molecule has 1 saturated heterocycles. The van der Waals surface area contributed by atoms with Gasteiger partial charge >= 0.3 is 5.97 Å². The van der Waals surface area contributed by atoms with Gasteiger partial charge in [0.2, 0.25) is 5.91 Å². The van der Waals surface area contributed by atoms with Crippen molar-refractivity contribution < 1.29 is 18.7 Å². The number of hydrogen-bond acceptors (Lipinski definition) is 4. The van der Waals surface area contributed by atoms with Crippen molar-refractivity contribution in [2.24, 2.45) is 5.92 Å². The molecule has 4 rings (SSSR count). The lowest BCUT2D eigenvalue weighted by atomic mass is 9.63. The number of carbonyl (C=O) groups is 2. The highest BCUT2D eigenvalue weighted by Gasteiger charge is 2.66. The Balaban J connectivity index is 2.00. The predicted octanol–water partition coefficient (Wildman–Crippen LogP) is 5.83. The smallest absolute Gasteiger partial charge is 0.324 e. The molecule has 2 N–H and O–H groups in total. The first kappa shape index (κ1) is 25.0. The van der Waals surface area contributed by atoms with Gasteiger partial charge in [0, 0.05) is 22.7 Å². The molecule has 1 spiro atoms. The van der Waals surface area contributed by atoms with Crippen LogP contribution < -0.4 is 10.6 Å². The maximum absolute atomic E-state index is 15.6. The Morgan fingerprint density at radius 1 is 1.21 bits per heavy atom. The molecule has 2 aromatic carbocycles. The van der Waals surface area contributed by atoms with Crippen LogP contribution in [0.5, 0.6) is 0 Å². The van der Waals surface area contributed by atoms with Gasteiger partial charge in [-0.15, -0.1) is 0 Å². The first-order valence-electron chi connectivity index (χ1n) is 11.4. The average Bonchev–Trinajstić information content (AvgIpc) is 3.18. The molecule has 2 aliphatic heterocycles. The first-order chi connectivity index (χ1) is 15.9. The molecule has 1 amide bonds. The second kappa shape index (κ2) is 8.81. The second-order valence-corrected chi connectivity index (χ2v) is 11.3. The van der Waals surface area contributed by atoms with Gasteiger partial charge < -0.3 is 10.1 Å². The normalized spacial score (nSPS) is 26.1. The van der Waals surface area contributed by atoms with Gasteiger partial charge in [0.1, 0.15) is 22.9 Å². The number of fused-ring (bicyclic) bond motifs is 2. The van der Waals surface area contributed by atoms with E-state index in [1.165, 1.54) is 6.07 Å². The Morgan fingerprint density at radius 2 is 1.91 bits per heavy atom.